The van der Waals surface area contributed by atoms with Gasteiger partial charge in [-0.25, -0.2) is 14.8 Å². The van der Waals surface area contributed by atoms with E-state index < -0.39 is 12.3 Å². The largest absolute Gasteiger partial charge is 0.491 e. The highest BCUT2D eigenvalue weighted by atomic mass is 32.1. The number of aromatic nitrogens is 2. The lowest BCUT2D eigenvalue weighted by molar-refractivity contribution is 0.0685. The predicted molar refractivity (Wildman–Crippen MR) is 142 cm³/mol. The molecule has 1 atom stereocenters. The molecule has 0 fully saturated rings. The smallest absolute Gasteiger partial charge is 0.358 e. The zero-order chi connectivity index (χ0) is 25.1. The number of thiazole rings is 1. The minimum absolute atomic E-state index is 0.101. The van der Waals surface area contributed by atoms with E-state index >= 15 is 0 Å². The van der Waals surface area contributed by atoms with Gasteiger partial charge in [-0.2, -0.15) is 0 Å². The van der Waals surface area contributed by atoms with Crippen LogP contribution in [0.15, 0.2) is 54.6 Å². The lowest BCUT2D eigenvalue weighted by Crippen LogP contribution is -2.43. The van der Waals surface area contributed by atoms with E-state index in [0.717, 1.165) is 52.7 Å². The van der Waals surface area contributed by atoms with E-state index in [0.29, 0.717) is 24.0 Å². The maximum atomic E-state index is 11.9. The van der Waals surface area contributed by atoms with Gasteiger partial charge in [-0.1, -0.05) is 48.9 Å². The third-order valence-electron chi connectivity index (χ3n) is 6.19. The number of rotatable bonds is 9. The van der Waals surface area contributed by atoms with Crippen molar-refractivity contribution >= 4 is 38.3 Å². The van der Waals surface area contributed by atoms with E-state index in [2.05, 4.69) is 15.3 Å². The van der Waals surface area contributed by atoms with Gasteiger partial charge in [-0.15, -0.1) is 0 Å². The number of aromatic carboxylic acids is 1. The van der Waals surface area contributed by atoms with E-state index in [9.17, 15) is 15.0 Å². The molecular weight excluding hydrogens is 476 g/mol. The third kappa shape index (κ3) is 4.98. The van der Waals surface area contributed by atoms with Gasteiger partial charge in [0.25, 0.3) is 0 Å². The second-order valence-corrected chi connectivity index (χ2v) is 9.73. The van der Waals surface area contributed by atoms with Gasteiger partial charge >= 0.3 is 5.97 Å². The first kappa shape index (κ1) is 24.0. The molecule has 186 valence electrons. The Kier molecular flexibility index (Phi) is 7.02. The molecule has 36 heavy (non-hydrogen) atoms. The van der Waals surface area contributed by atoms with Crippen LogP contribution in [-0.2, 0) is 6.42 Å². The lowest BCUT2D eigenvalue weighted by atomic mass is 9.98. The summed E-state index contributed by atoms with van der Waals surface area (Å²) in [6, 6.07) is 17.2. The molecule has 3 N–H and O–H groups in total. The van der Waals surface area contributed by atoms with Crippen LogP contribution in [0.25, 0.3) is 21.5 Å². The summed E-state index contributed by atoms with van der Waals surface area (Å²) in [5, 5.41) is 24.6. The number of nitrogens with one attached hydrogen (secondary N) is 1. The molecule has 2 aromatic heterocycles. The van der Waals surface area contributed by atoms with Crippen LogP contribution in [0.2, 0.25) is 0 Å². The second-order valence-electron chi connectivity index (χ2n) is 8.70. The van der Waals surface area contributed by atoms with Gasteiger partial charge in [0.15, 0.2) is 16.6 Å². The highest BCUT2D eigenvalue weighted by Crippen LogP contribution is 2.34. The number of para-hydroxylation sites is 1. The van der Waals surface area contributed by atoms with Gasteiger partial charge in [0, 0.05) is 17.8 Å². The van der Waals surface area contributed by atoms with E-state index in [1.807, 2.05) is 54.3 Å². The van der Waals surface area contributed by atoms with Crippen molar-refractivity contribution in [3.05, 3.63) is 65.9 Å². The molecule has 0 amide bonds. The number of unbranched alkanes of at least 4 members (excludes halogenated alkanes) is 1. The number of aryl methyl sites for hydroxylation is 1. The molecule has 0 spiro atoms. The van der Waals surface area contributed by atoms with Gasteiger partial charge in [-0.3, -0.25) is 0 Å². The van der Waals surface area contributed by atoms with Crippen molar-refractivity contribution < 1.29 is 19.7 Å². The quantitative estimate of drug-likeness (QED) is 0.206. The average Bonchev–Trinajstić information content (AvgIpc) is 3.30. The molecule has 1 unspecified atom stereocenters. The van der Waals surface area contributed by atoms with Gasteiger partial charge in [0.05, 0.1) is 22.5 Å². The summed E-state index contributed by atoms with van der Waals surface area (Å²) in [5.74, 6) is -0.854. The number of hydrogen-bond acceptors (Lipinski definition) is 8. The van der Waals surface area contributed by atoms with Crippen LogP contribution in [0.3, 0.4) is 0 Å². The van der Waals surface area contributed by atoms with Crippen LogP contribution in [0.4, 0.5) is 10.8 Å². The summed E-state index contributed by atoms with van der Waals surface area (Å²) < 4.78 is 6.70. The fourth-order valence-electron chi connectivity index (χ4n) is 4.34. The van der Waals surface area contributed by atoms with Crippen LogP contribution < -0.4 is 15.0 Å². The van der Waals surface area contributed by atoms with Crippen molar-refractivity contribution in [1.82, 2.24) is 9.97 Å². The monoisotopic (exact) mass is 504 g/mol. The Morgan fingerprint density at radius 2 is 2.06 bits per heavy atom. The average molecular weight is 505 g/mol. The number of aliphatic hydroxyl groups is 1. The summed E-state index contributed by atoms with van der Waals surface area (Å²) in [6.07, 6.45) is 2.65. The fourth-order valence-corrected chi connectivity index (χ4v) is 5.22. The second kappa shape index (κ2) is 10.5. The summed E-state index contributed by atoms with van der Waals surface area (Å²) >= 11 is 1.50. The molecule has 8 nitrogen and oxygen atoms in total. The minimum Gasteiger partial charge on any atom is -0.491 e. The van der Waals surface area contributed by atoms with Crippen molar-refractivity contribution in [2.45, 2.75) is 39.0 Å². The van der Waals surface area contributed by atoms with E-state index in [1.54, 1.807) is 12.1 Å². The van der Waals surface area contributed by atoms with Crippen LogP contribution in [0, 0.1) is 0 Å². The highest BCUT2D eigenvalue weighted by Gasteiger charge is 2.25. The molecule has 0 radical (unpaired) electrons. The van der Waals surface area contributed by atoms with E-state index in [1.165, 1.54) is 11.3 Å². The number of aliphatic hydroxyl groups excluding tert-OH is 1. The molecule has 4 aromatic rings. The molecule has 0 saturated carbocycles. The van der Waals surface area contributed by atoms with Crippen molar-refractivity contribution in [2.24, 2.45) is 0 Å². The van der Waals surface area contributed by atoms with Crippen molar-refractivity contribution in [3.8, 4) is 17.0 Å². The first-order chi connectivity index (χ1) is 17.5. The first-order valence-corrected chi connectivity index (χ1v) is 12.9. The zero-order valence-corrected chi connectivity index (χ0v) is 20.8. The number of carboxylic acids is 1. The number of carbonyl (C=O) groups is 1. The van der Waals surface area contributed by atoms with Crippen LogP contribution in [0.1, 0.15) is 42.2 Å². The summed E-state index contributed by atoms with van der Waals surface area (Å²) in [5.41, 5.74) is 4.11. The number of nitrogens with zero attached hydrogens (tertiary/aromatic N) is 3. The minimum atomic E-state index is -1.13. The Balaban J connectivity index is 1.41. The maximum Gasteiger partial charge on any atom is 0.358 e. The number of benzene rings is 2. The van der Waals surface area contributed by atoms with Gasteiger partial charge < -0.3 is 25.2 Å². The van der Waals surface area contributed by atoms with Crippen molar-refractivity contribution in [3.63, 3.8) is 0 Å². The van der Waals surface area contributed by atoms with Crippen LogP contribution in [-0.4, -0.2) is 45.7 Å². The first-order valence-electron chi connectivity index (χ1n) is 12.1. The van der Waals surface area contributed by atoms with Crippen LogP contribution in [0.5, 0.6) is 5.75 Å². The fraction of sp³-hybridized carbons (Fsp3) is 0.296. The molecule has 0 saturated heterocycles. The molecule has 1 aliphatic rings. The SMILES string of the molecule is CCCCOc1ccc(-c2ccc3c(c2)N(C(O)Nc2nc4ccccc4s2)CCC3)nc1C(=O)O. The Morgan fingerprint density at radius 3 is 2.86 bits per heavy atom. The predicted octanol–water partition coefficient (Wildman–Crippen LogP) is 5.38. The topological polar surface area (TPSA) is 108 Å². The van der Waals surface area contributed by atoms with Crippen molar-refractivity contribution in [2.75, 3.05) is 23.4 Å². The Labute approximate surface area is 213 Å². The number of hydrogen-bond donors (Lipinski definition) is 3. The number of fused-ring (bicyclic) bond motifs is 2. The molecule has 3 heterocycles. The van der Waals surface area contributed by atoms with E-state index in [4.69, 9.17) is 4.74 Å². The number of anilines is 2. The molecule has 0 aliphatic carbocycles. The molecule has 2 aromatic carbocycles. The van der Waals surface area contributed by atoms with Gasteiger partial charge in [-0.05, 0) is 55.2 Å². The summed E-state index contributed by atoms with van der Waals surface area (Å²) in [6.45, 7) is 3.17. The molecular formula is C27H28N4O4S. The van der Waals surface area contributed by atoms with Crippen LogP contribution >= 0.6 is 11.3 Å². The number of carboxylic acid groups (broad SMARTS) is 1. The Bertz CT molecular complexity index is 1360. The Hall–Kier alpha value is -3.69. The maximum absolute atomic E-state index is 11.9. The highest BCUT2D eigenvalue weighted by molar-refractivity contribution is 7.22. The summed E-state index contributed by atoms with van der Waals surface area (Å²) in [4.78, 5) is 22.7. The molecule has 0 bridgehead atoms. The summed E-state index contributed by atoms with van der Waals surface area (Å²) in [7, 11) is 0. The van der Waals surface area contributed by atoms with Crippen molar-refractivity contribution in [1.29, 1.82) is 0 Å². The third-order valence-corrected chi connectivity index (χ3v) is 7.16. The zero-order valence-electron chi connectivity index (χ0n) is 20.0. The van der Waals surface area contributed by atoms with Gasteiger partial charge in [0.2, 0.25) is 6.35 Å². The number of pyridine rings is 1. The molecule has 9 heteroatoms. The standard InChI is InChI=1S/C27H28N4O4S/c1-2-3-15-35-22-13-12-19(28-24(22)25(32)33)18-11-10-17-7-6-14-31(21(17)16-18)27(34)30-26-29-20-8-4-5-9-23(20)36-26/h4-5,8-13,16,27,34H,2-3,6-7,14-15H2,1H3,(H,29,30)(H,32,33). The lowest BCUT2D eigenvalue weighted by Gasteiger charge is -2.35. The Morgan fingerprint density at radius 1 is 1.19 bits per heavy atom. The number of ether oxygens (including phenoxy) is 1. The van der Waals surface area contributed by atoms with Gasteiger partial charge in [0.1, 0.15) is 0 Å². The normalized spacial score (nSPS) is 13.9. The molecule has 1 aliphatic heterocycles. The molecule has 5 rings (SSSR count). The van der Waals surface area contributed by atoms with E-state index in [-0.39, 0.29) is 11.4 Å².